The number of nitrogens with zero attached hydrogens (tertiary/aromatic N) is 3. The van der Waals surface area contributed by atoms with Crippen molar-refractivity contribution in [3.63, 3.8) is 0 Å². The van der Waals surface area contributed by atoms with Crippen molar-refractivity contribution < 1.29 is 4.79 Å². The summed E-state index contributed by atoms with van der Waals surface area (Å²) in [6, 6.07) is 1.37. The first-order chi connectivity index (χ1) is 6.13. The quantitative estimate of drug-likeness (QED) is 0.699. The van der Waals surface area contributed by atoms with Crippen molar-refractivity contribution in [1.29, 1.82) is 5.26 Å². The molecular formula is C8H10N4O. The predicted molar refractivity (Wildman–Crippen MR) is 45.4 cm³/mol. The summed E-state index contributed by atoms with van der Waals surface area (Å²) in [5.41, 5.74) is 0.695. The summed E-state index contributed by atoms with van der Waals surface area (Å²) in [6.07, 6.45) is 3.26. The molecule has 13 heavy (non-hydrogen) atoms. The minimum atomic E-state index is -0.605. The van der Waals surface area contributed by atoms with Crippen molar-refractivity contribution in [1.82, 2.24) is 15.1 Å². The van der Waals surface area contributed by atoms with Crippen molar-refractivity contribution >= 4 is 5.91 Å². The second kappa shape index (κ2) is 3.72. The maximum Gasteiger partial charge on any atom is 0.218 e. The first kappa shape index (κ1) is 9.26. The largest absolute Gasteiger partial charge is 0.337 e. The van der Waals surface area contributed by atoms with Crippen LogP contribution in [-0.2, 0) is 11.8 Å². The number of hydrogen-bond acceptors (Lipinski definition) is 3. The van der Waals surface area contributed by atoms with Gasteiger partial charge in [0.25, 0.3) is 0 Å². The second-order valence-corrected chi connectivity index (χ2v) is 2.71. The number of nitriles is 1. The van der Waals surface area contributed by atoms with E-state index in [1.54, 1.807) is 24.1 Å². The first-order valence-electron chi connectivity index (χ1n) is 3.78. The van der Waals surface area contributed by atoms with Gasteiger partial charge < -0.3 is 5.32 Å². The van der Waals surface area contributed by atoms with Gasteiger partial charge in [0.2, 0.25) is 5.91 Å². The van der Waals surface area contributed by atoms with E-state index in [1.165, 1.54) is 6.92 Å². The fourth-order valence-corrected chi connectivity index (χ4v) is 0.983. The number of amides is 1. The second-order valence-electron chi connectivity index (χ2n) is 2.71. The van der Waals surface area contributed by atoms with Crippen molar-refractivity contribution in [2.45, 2.75) is 13.0 Å². The maximum atomic E-state index is 10.7. The highest BCUT2D eigenvalue weighted by Crippen LogP contribution is 2.09. The van der Waals surface area contributed by atoms with E-state index in [-0.39, 0.29) is 5.91 Å². The molecule has 1 amide bonds. The Morgan fingerprint density at radius 3 is 2.92 bits per heavy atom. The Morgan fingerprint density at radius 2 is 2.54 bits per heavy atom. The van der Waals surface area contributed by atoms with Crippen LogP contribution in [0.5, 0.6) is 0 Å². The van der Waals surface area contributed by atoms with Gasteiger partial charge in [-0.25, -0.2) is 0 Å². The van der Waals surface area contributed by atoms with Crippen molar-refractivity contribution in [2.24, 2.45) is 7.05 Å². The third-order valence-electron chi connectivity index (χ3n) is 1.53. The van der Waals surface area contributed by atoms with Crippen LogP contribution in [-0.4, -0.2) is 15.7 Å². The number of carbonyl (C=O) groups is 1. The Balaban J connectivity index is 2.80. The van der Waals surface area contributed by atoms with Gasteiger partial charge in [-0.1, -0.05) is 0 Å². The van der Waals surface area contributed by atoms with E-state index in [1.807, 2.05) is 6.07 Å². The Bertz CT molecular complexity index is 349. The minimum absolute atomic E-state index is 0.226. The molecule has 5 nitrogen and oxygen atoms in total. The Morgan fingerprint density at radius 1 is 1.85 bits per heavy atom. The molecule has 1 rings (SSSR count). The van der Waals surface area contributed by atoms with Gasteiger partial charge in [-0.2, -0.15) is 10.4 Å². The molecule has 0 bridgehead atoms. The summed E-state index contributed by atoms with van der Waals surface area (Å²) in [4.78, 5) is 10.7. The summed E-state index contributed by atoms with van der Waals surface area (Å²) >= 11 is 0. The van der Waals surface area contributed by atoms with Gasteiger partial charge in [-0.15, -0.1) is 0 Å². The molecule has 0 saturated heterocycles. The summed E-state index contributed by atoms with van der Waals surface area (Å²) in [6.45, 7) is 1.38. The molecule has 0 fully saturated rings. The van der Waals surface area contributed by atoms with Crippen LogP contribution >= 0.6 is 0 Å². The SMILES string of the molecule is CC(=O)NC(C#N)c1cnn(C)c1. The zero-order valence-electron chi connectivity index (χ0n) is 7.48. The lowest BCUT2D eigenvalue weighted by molar-refractivity contribution is -0.119. The molecule has 1 unspecified atom stereocenters. The highest BCUT2D eigenvalue weighted by Gasteiger charge is 2.12. The number of rotatable bonds is 2. The Labute approximate surface area is 76.0 Å². The van der Waals surface area contributed by atoms with Crippen molar-refractivity contribution in [2.75, 3.05) is 0 Å². The van der Waals surface area contributed by atoms with E-state index < -0.39 is 6.04 Å². The lowest BCUT2D eigenvalue weighted by atomic mass is 10.2. The van der Waals surface area contributed by atoms with Crippen LogP contribution in [0.25, 0.3) is 0 Å². The van der Waals surface area contributed by atoms with Gasteiger partial charge in [0.15, 0.2) is 0 Å². The fraction of sp³-hybridized carbons (Fsp3) is 0.375. The number of aryl methyl sites for hydroxylation is 1. The molecule has 1 aromatic heterocycles. The van der Waals surface area contributed by atoms with Crippen molar-refractivity contribution in [3.05, 3.63) is 18.0 Å². The van der Waals surface area contributed by atoms with Gasteiger partial charge in [0.05, 0.1) is 12.3 Å². The summed E-state index contributed by atoms with van der Waals surface area (Å²) in [7, 11) is 1.76. The molecule has 68 valence electrons. The first-order valence-corrected chi connectivity index (χ1v) is 3.78. The molecule has 5 heteroatoms. The molecule has 0 aliphatic heterocycles. The predicted octanol–water partition coefficient (Wildman–Crippen LogP) is 0.121. The zero-order valence-corrected chi connectivity index (χ0v) is 7.48. The van der Waals surface area contributed by atoms with Gasteiger partial charge >= 0.3 is 0 Å². The molecule has 1 aromatic rings. The van der Waals surface area contributed by atoms with Crippen LogP contribution in [0.1, 0.15) is 18.5 Å². The normalized spacial score (nSPS) is 11.8. The van der Waals surface area contributed by atoms with Gasteiger partial charge in [0, 0.05) is 25.7 Å². The third kappa shape index (κ3) is 2.30. The summed E-state index contributed by atoms with van der Waals surface area (Å²) < 4.78 is 1.58. The highest BCUT2D eigenvalue weighted by molar-refractivity contribution is 5.73. The summed E-state index contributed by atoms with van der Waals surface area (Å²) in [5, 5.41) is 15.1. The smallest absolute Gasteiger partial charge is 0.218 e. The average Bonchev–Trinajstić information content (AvgIpc) is 2.47. The van der Waals surface area contributed by atoms with E-state index in [4.69, 9.17) is 5.26 Å². The van der Waals surface area contributed by atoms with E-state index in [9.17, 15) is 4.79 Å². The molecule has 0 aromatic carbocycles. The van der Waals surface area contributed by atoms with Crippen LogP contribution in [0.15, 0.2) is 12.4 Å². The number of aromatic nitrogens is 2. The average molecular weight is 178 g/mol. The monoisotopic (exact) mass is 178 g/mol. The van der Waals surface area contributed by atoms with Crippen LogP contribution in [0.3, 0.4) is 0 Å². The van der Waals surface area contributed by atoms with E-state index >= 15 is 0 Å². The van der Waals surface area contributed by atoms with Gasteiger partial charge in [-0.3, -0.25) is 9.48 Å². The molecule has 0 aliphatic rings. The van der Waals surface area contributed by atoms with Crippen LogP contribution in [0, 0.1) is 11.3 Å². The third-order valence-corrected chi connectivity index (χ3v) is 1.53. The number of nitrogens with one attached hydrogen (secondary N) is 1. The van der Waals surface area contributed by atoms with Gasteiger partial charge in [0.1, 0.15) is 6.04 Å². The molecule has 0 aliphatic carbocycles. The van der Waals surface area contributed by atoms with Crippen LogP contribution in [0.4, 0.5) is 0 Å². The standard InChI is InChI=1S/C8H10N4O/c1-6(13)11-8(3-9)7-4-10-12(2)5-7/h4-5,8H,1-2H3,(H,11,13). The van der Waals surface area contributed by atoms with E-state index in [0.29, 0.717) is 5.56 Å². The molecule has 1 atom stereocenters. The topological polar surface area (TPSA) is 70.7 Å². The number of hydrogen-bond donors (Lipinski definition) is 1. The molecule has 1 N–H and O–H groups in total. The molecule has 0 radical (unpaired) electrons. The molecule has 0 spiro atoms. The van der Waals surface area contributed by atoms with E-state index in [2.05, 4.69) is 10.4 Å². The number of carbonyl (C=O) groups excluding carboxylic acids is 1. The minimum Gasteiger partial charge on any atom is -0.337 e. The maximum absolute atomic E-state index is 10.7. The van der Waals surface area contributed by atoms with Crippen molar-refractivity contribution in [3.8, 4) is 6.07 Å². The Hall–Kier alpha value is -1.83. The lowest BCUT2D eigenvalue weighted by Gasteiger charge is -2.05. The molecule has 0 saturated carbocycles. The highest BCUT2D eigenvalue weighted by atomic mass is 16.1. The molecular weight excluding hydrogens is 168 g/mol. The van der Waals surface area contributed by atoms with Crippen LogP contribution < -0.4 is 5.32 Å². The lowest BCUT2D eigenvalue weighted by Crippen LogP contribution is -2.24. The van der Waals surface area contributed by atoms with Crippen LogP contribution in [0.2, 0.25) is 0 Å². The van der Waals surface area contributed by atoms with E-state index in [0.717, 1.165) is 0 Å². The fourth-order valence-electron chi connectivity index (χ4n) is 0.983. The molecule has 1 heterocycles. The van der Waals surface area contributed by atoms with Gasteiger partial charge in [-0.05, 0) is 0 Å². The Kier molecular flexibility index (Phi) is 2.65. The zero-order chi connectivity index (χ0) is 9.84. The summed E-state index contributed by atoms with van der Waals surface area (Å²) in [5.74, 6) is -0.226.